The highest BCUT2D eigenvalue weighted by atomic mass is 16.2. The van der Waals surface area contributed by atoms with Crippen LogP contribution in [0.25, 0.3) is 0 Å². The van der Waals surface area contributed by atoms with E-state index in [0.717, 1.165) is 5.69 Å². The van der Waals surface area contributed by atoms with Crippen LogP contribution in [0.1, 0.15) is 13.3 Å². The first-order chi connectivity index (χ1) is 7.20. The van der Waals surface area contributed by atoms with E-state index in [0.29, 0.717) is 13.0 Å². The number of imide groups is 1. The summed E-state index contributed by atoms with van der Waals surface area (Å²) in [6.45, 7) is 1.97. The Kier molecular flexibility index (Phi) is 2.41. The molecule has 1 aromatic carbocycles. The zero-order valence-corrected chi connectivity index (χ0v) is 8.51. The number of amides is 2. The molecule has 1 aliphatic heterocycles. The van der Waals surface area contributed by atoms with Crippen molar-refractivity contribution in [3.8, 4) is 0 Å². The minimum absolute atomic E-state index is 0.133. The Morgan fingerprint density at radius 3 is 2.53 bits per heavy atom. The minimum atomic E-state index is -0.235. The van der Waals surface area contributed by atoms with Crippen LogP contribution < -0.4 is 5.01 Å². The Bertz CT molecular complexity index is 389. The number of rotatable bonds is 1. The predicted molar refractivity (Wildman–Crippen MR) is 55.9 cm³/mol. The standard InChI is InChI=1S/C11H12N2O2/c1-9(14)13-11(15)7-8-12(13)10-5-3-2-4-6-10/h2-6H,7-8H2,1H3. The Morgan fingerprint density at radius 1 is 1.27 bits per heavy atom. The van der Waals surface area contributed by atoms with Gasteiger partial charge in [-0.25, -0.2) is 0 Å². The van der Waals surface area contributed by atoms with E-state index in [1.54, 1.807) is 5.01 Å². The highest BCUT2D eigenvalue weighted by Crippen LogP contribution is 2.21. The van der Waals surface area contributed by atoms with Crippen molar-refractivity contribution in [1.29, 1.82) is 0 Å². The number of anilines is 1. The molecule has 2 amide bonds. The van der Waals surface area contributed by atoms with Crippen LogP contribution in [0.4, 0.5) is 5.69 Å². The smallest absolute Gasteiger partial charge is 0.250 e. The minimum Gasteiger partial charge on any atom is -0.275 e. The van der Waals surface area contributed by atoms with Crippen molar-refractivity contribution < 1.29 is 9.59 Å². The molecule has 78 valence electrons. The number of hydrogen-bond acceptors (Lipinski definition) is 3. The van der Waals surface area contributed by atoms with Gasteiger partial charge >= 0.3 is 0 Å². The topological polar surface area (TPSA) is 40.6 Å². The lowest BCUT2D eigenvalue weighted by Gasteiger charge is -2.26. The van der Waals surface area contributed by atoms with Gasteiger partial charge in [-0.1, -0.05) is 18.2 Å². The van der Waals surface area contributed by atoms with Crippen molar-refractivity contribution in [2.24, 2.45) is 0 Å². The molecule has 1 fully saturated rings. The number of benzene rings is 1. The summed E-state index contributed by atoms with van der Waals surface area (Å²) < 4.78 is 0. The molecule has 0 unspecified atom stereocenters. The molecule has 0 N–H and O–H groups in total. The van der Waals surface area contributed by atoms with Crippen LogP contribution in [0.3, 0.4) is 0 Å². The average Bonchev–Trinajstić information content (AvgIpc) is 2.61. The first-order valence-electron chi connectivity index (χ1n) is 4.86. The van der Waals surface area contributed by atoms with E-state index < -0.39 is 0 Å². The van der Waals surface area contributed by atoms with Gasteiger partial charge in [0.05, 0.1) is 5.69 Å². The SMILES string of the molecule is CC(=O)N1C(=O)CCN1c1ccccc1. The number of hydrazine groups is 1. The van der Waals surface area contributed by atoms with Gasteiger partial charge in [-0.05, 0) is 12.1 Å². The second kappa shape index (κ2) is 3.73. The number of nitrogens with zero attached hydrogens (tertiary/aromatic N) is 2. The molecular weight excluding hydrogens is 192 g/mol. The highest BCUT2D eigenvalue weighted by Gasteiger charge is 2.32. The molecule has 1 heterocycles. The summed E-state index contributed by atoms with van der Waals surface area (Å²) in [7, 11) is 0. The van der Waals surface area contributed by atoms with Crippen molar-refractivity contribution in [3.63, 3.8) is 0 Å². The van der Waals surface area contributed by atoms with Crippen LogP contribution in [0.15, 0.2) is 30.3 Å². The molecule has 1 aliphatic rings. The predicted octanol–water partition coefficient (Wildman–Crippen LogP) is 1.19. The number of para-hydroxylation sites is 1. The van der Waals surface area contributed by atoms with E-state index in [-0.39, 0.29) is 11.8 Å². The number of hydrogen-bond donors (Lipinski definition) is 0. The number of carbonyl (C=O) groups is 2. The molecule has 2 rings (SSSR count). The fourth-order valence-electron chi connectivity index (χ4n) is 1.73. The van der Waals surface area contributed by atoms with Crippen LogP contribution in [0.5, 0.6) is 0 Å². The third-order valence-corrected chi connectivity index (χ3v) is 2.37. The third kappa shape index (κ3) is 1.70. The van der Waals surface area contributed by atoms with Crippen molar-refractivity contribution in [3.05, 3.63) is 30.3 Å². The van der Waals surface area contributed by atoms with E-state index in [2.05, 4.69) is 0 Å². The molecule has 4 nitrogen and oxygen atoms in total. The van der Waals surface area contributed by atoms with Crippen LogP contribution in [0.2, 0.25) is 0 Å². The van der Waals surface area contributed by atoms with E-state index in [1.165, 1.54) is 11.9 Å². The normalized spacial score (nSPS) is 15.9. The molecule has 0 atom stereocenters. The van der Waals surface area contributed by atoms with E-state index in [4.69, 9.17) is 0 Å². The van der Waals surface area contributed by atoms with Crippen LogP contribution in [-0.4, -0.2) is 23.4 Å². The Morgan fingerprint density at radius 2 is 1.93 bits per heavy atom. The third-order valence-electron chi connectivity index (χ3n) is 2.37. The lowest BCUT2D eigenvalue weighted by atomic mass is 10.3. The molecule has 1 saturated heterocycles. The fourth-order valence-corrected chi connectivity index (χ4v) is 1.73. The summed E-state index contributed by atoms with van der Waals surface area (Å²) in [4.78, 5) is 22.8. The van der Waals surface area contributed by atoms with Crippen molar-refractivity contribution >= 4 is 17.5 Å². The van der Waals surface area contributed by atoms with Crippen LogP contribution in [0, 0.1) is 0 Å². The molecular formula is C11H12N2O2. The van der Waals surface area contributed by atoms with Crippen molar-refractivity contribution in [2.75, 3.05) is 11.6 Å². The monoisotopic (exact) mass is 204 g/mol. The van der Waals surface area contributed by atoms with Gasteiger partial charge < -0.3 is 0 Å². The van der Waals surface area contributed by atoms with Gasteiger partial charge in [0.2, 0.25) is 11.8 Å². The van der Waals surface area contributed by atoms with Crippen molar-refractivity contribution in [1.82, 2.24) is 5.01 Å². The fraction of sp³-hybridized carbons (Fsp3) is 0.273. The summed E-state index contributed by atoms with van der Waals surface area (Å²) in [5.41, 5.74) is 0.874. The van der Waals surface area contributed by atoms with Crippen LogP contribution in [-0.2, 0) is 9.59 Å². The first kappa shape index (κ1) is 9.71. The molecule has 15 heavy (non-hydrogen) atoms. The first-order valence-corrected chi connectivity index (χ1v) is 4.86. The second-order valence-electron chi connectivity index (χ2n) is 3.43. The summed E-state index contributed by atoms with van der Waals surface area (Å²) in [5, 5.41) is 2.92. The van der Waals surface area contributed by atoms with Gasteiger partial charge in [-0.3, -0.25) is 14.6 Å². The highest BCUT2D eigenvalue weighted by molar-refractivity contribution is 5.98. The summed E-state index contributed by atoms with van der Waals surface area (Å²) >= 11 is 0. The summed E-state index contributed by atoms with van der Waals surface area (Å²) in [6, 6.07) is 9.44. The molecule has 0 spiro atoms. The molecule has 0 aliphatic carbocycles. The zero-order valence-electron chi connectivity index (χ0n) is 8.51. The maximum absolute atomic E-state index is 11.5. The largest absolute Gasteiger partial charge is 0.275 e. The number of carbonyl (C=O) groups excluding carboxylic acids is 2. The maximum atomic E-state index is 11.5. The Labute approximate surface area is 88.1 Å². The summed E-state index contributed by atoms with van der Waals surface area (Å²) in [6.07, 6.45) is 0.397. The van der Waals surface area contributed by atoms with Gasteiger partial charge in [0.25, 0.3) is 0 Å². The summed E-state index contributed by atoms with van der Waals surface area (Å²) in [5.74, 6) is -0.368. The molecule has 0 radical (unpaired) electrons. The van der Waals surface area contributed by atoms with Gasteiger partial charge in [0, 0.05) is 19.9 Å². The van der Waals surface area contributed by atoms with Gasteiger partial charge in [-0.15, -0.1) is 0 Å². The van der Waals surface area contributed by atoms with Crippen LogP contribution >= 0.6 is 0 Å². The molecule has 0 aromatic heterocycles. The van der Waals surface area contributed by atoms with Gasteiger partial charge in [0.15, 0.2) is 0 Å². The Hall–Kier alpha value is -1.84. The van der Waals surface area contributed by atoms with E-state index in [1.807, 2.05) is 30.3 Å². The molecule has 0 bridgehead atoms. The molecule has 0 saturated carbocycles. The maximum Gasteiger partial charge on any atom is 0.250 e. The van der Waals surface area contributed by atoms with Gasteiger partial charge in [0.1, 0.15) is 0 Å². The quantitative estimate of drug-likeness (QED) is 0.689. The van der Waals surface area contributed by atoms with Gasteiger partial charge in [-0.2, -0.15) is 5.01 Å². The Balaban J connectivity index is 2.30. The second-order valence-corrected chi connectivity index (χ2v) is 3.43. The lowest BCUT2D eigenvalue weighted by molar-refractivity contribution is -0.141. The molecule has 1 aromatic rings. The zero-order chi connectivity index (χ0) is 10.8. The van der Waals surface area contributed by atoms with E-state index >= 15 is 0 Å². The van der Waals surface area contributed by atoms with Crippen molar-refractivity contribution in [2.45, 2.75) is 13.3 Å². The molecule has 4 heteroatoms. The lowest BCUT2D eigenvalue weighted by Crippen LogP contribution is -2.42. The average molecular weight is 204 g/mol. The van der Waals surface area contributed by atoms with E-state index in [9.17, 15) is 9.59 Å².